The van der Waals surface area contributed by atoms with E-state index in [0.717, 1.165) is 25.1 Å². The van der Waals surface area contributed by atoms with E-state index in [1.54, 1.807) is 6.07 Å². The van der Waals surface area contributed by atoms with Crippen molar-refractivity contribution in [3.05, 3.63) is 23.7 Å². The van der Waals surface area contributed by atoms with Crippen LogP contribution in [-0.2, 0) is 6.54 Å². The Balaban J connectivity index is 2.50. The summed E-state index contributed by atoms with van der Waals surface area (Å²) in [4.78, 5) is 13.5. The van der Waals surface area contributed by atoms with E-state index in [9.17, 15) is 4.79 Å². The average molecular weight is 240 g/mol. The van der Waals surface area contributed by atoms with Crippen LogP contribution in [0.4, 0.5) is 0 Å². The lowest BCUT2D eigenvalue weighted by atomic mass is 10.2. The van der Waals surface area contributed by atoms with Gasteiger partial charge in [0, 0.05) is 12.1 Å². The first-order chi connectivity index (χ1) is 8.19. The van der Waals surface area contributed by atoms with Crippen LogP contribution in [0.3, 0.4) is 0 Å². The largest absolute Gasteiger partial charge is 0.459 e. The van der Waals surface area contributed by atoms with Gasteiger partial charge in [-0.3, -0.25) is 10.2 Å². The zero-order chi connectivity index (χ0) is 12.7. The van der Waals surface area contributed by atoms with Crippen LogP contribution in [0.1, 0.15) is 22.5 Å². The molecule has 17 heavy (non-hydrogen) atoms. The molecule has 0 aliphatic carbocycles. The second-order valence-electron chi connectivity index (χ2n) is 3.94. The summed E-state index contributed by atoms with van der Waals surface area (Å²) in [7, 11) is 3.94. The summed E-state index contributed by atoms with van der Waals surface area (Å²) in [5.41, 5.74) is 2.92. The van der Waals surface area contributed by atoms with Gasteiger partial charge in [0.05, 0.1) is 6.26 Å². The monoisotopic (exact) mass is 240 g/mol. The van der Waals surface area contributed by atoms with Crippen LogP contribution in [0.5, 0.6) is 0 Å². The summed E-state index contributed by atoms with van der Waals surface area (Å²) < 4.78 is 5.11. The first-order valence-electron chi connectivity index (χ1n) is 5.59. The molecule has 0 bridgehead atoms. The Labute approximate surface area is 101 Å². The van der Waals surface area contributed by atoms with Crippen molar-refractivity contribution >= 4 is 5.91 Å². The molecule has 6 heteroatoms. The predicted molar refractivity (Wildman–Crippen MR) is 65.2 cm³/mol. The quantitative estimate of drug-likeness (QED) is 0.269. The Kier molecular flexibility index (Phi) is 5.68. The maximum atomic E-state index is 11.4. The SMILES string of the molecule is CNCCCN(C)Cc1ccoc1C(=O)NN. The number of furan rings is 1. The molecule has 0 unspecified atom stereocenters. The van der Waals surface area contributed by atoms with E-state index >= 15 is 0 Å². The minimum atomic E-state index is -0.395. The molecular weight excluding hydrogens is 220 g/mol. The third-order valence-corrected chi connectivity index (χ3v) is 2.49. The third-order valence-electron chi connectivity index (χ3n) is 2.49. The fourth-order valence-corrected chi connectivity index (χ4v) is 1.62. The highest BCUT2D eigenvalue weighted by Crippen LogP contribution is 2.12. The number of nitrogens with zero attached hydrogens (tertiary/aromatic N) is 1. The molecule has 0 aliphatic rings. The summed E-state index contributed by atoms with van der Waals surface area (Å²) in [5.74, 6) is 4.97. The van der Waals surface area contributed by atoms with E-state index in [4.69, 9.17) is 10.3 Å². The lowest BCUT2D eigenvalue weighted by Crippen LogP contribution is -2.31. The summed E-state index contributed by atoms with van der Waals surface area (Å²) in [5, 5.41) is 3.09. The molecule has 0 aliphatic heterocycles. The highest BCUT2D eigenvalue weighted by molar-refractivity contribution is 5.92. The van der Waals surface area contributed by atoms with Gasteiger partial charge < -0.3 is 14.6 Å². The van der Waals surface area contributed by atoms with Crippen molar-refractivity contribution in [1.29, 1.82) is 0 Å². The van der Waals surface area contributed by atoms with Crippen LogP contribution in [-0.4, -0.2) is 38.0 Å². The minimum absolute atomic E-state index is 0.285. The van der Waals surface area contributed by atoms with E-state index in [0.29, 0.717) is 6.54 Å². The Hall–Kier alpha value is -1.37. The number of nitrogen functional groups attached to an aromatic ring is 1. The molecule has 0 radical (unpaired) electrons. The molecule has 0 spiro atoms. The summed E-state index contributed by atoms with van der Waals surface area (Å²) >= 11 is 0. The number of rotatable bonds is 7. The van der Waals surface area contributed by atoms with Gasteiger partial charge in [0.1, 0.15) is 0 Å². The average Bonchev–Trinajstić information content (AvgIpc) is 2.76. The van der Waals surface area contributed by atoms with Gasteiger partial charge in [-0.1, -0.05) is 0 Å². The van der Waals surface area contributed by atoms with Crippen LogP contribution < -0.4 is 16.6 Å². The zero-order valence-electron chi connectivity index (χ0n) is 10.3. The van der Waals surface area contributed by atoms with E-state index in [1.807, 2.05) is 14.1 Å². The Bertz CT molecular complexity index is 351. The van der Waals surface area contributed by atoms with Crippen LogP contribution >= 0.6 is 0 Å². The molecule has 1 amide bonds. The summed E-state index contributed by atoms with van der Waals surface area (Å²) in [6, 6.07) is 1.79. The number of carbonyl (C=O) groups is 1. The van der Waals surface area contributed by atoms with Gasteiger partial charge >= 0.3 is 5.91 Å². The topological polar surface area (TPSA) is 83.5 Å². The number of nitrogens with two attached hydrogens (primary N) is 1. The molecule has 1 rings (SSSR count). The standard InChI is InChI=1S/C11H20N4O2/c1-13-5-3-6-15(2)8-9-4-7-17-10(9)11(16)14-12/h4,7,13H,3,5-6,8,12H2,1-2H3,(H,14,16). The van der Waals surface area contributed by atoms with Gasteiger partial charge in [-0.15, -0.1) is 0 Å². The Morgan fingerprint density at radius 2 is 2.35 bits per heavy atom. The minimum Gasteiger partial charge on any atom is -0.459 e. The summed E-state index contributed by atoms with van der Waals surface area (Å²) in [6.07, 6.45) is 2.56. The van der Waals surface area contributed by atoms with Crippen LogP contribution in [0, 0.1) is 0 Å². The van der Waals surface area contributed by atoms with Gasteiger partial charge in [0.15, 0.2) is 5.76 Å². The highest BCUT2D eigenvalue weighted by atomic mass is 16.3. The van der Waals surface area contributed by atoms with Crippen LogP contribution in [0.2, 0.25) is 0 Å². The lowest BCUT2D eigenvalue weighted by molar-refractivity contribution is 0.0923. The van der Waals surface area contributed by atoms with Gasteiger partial charge in [-0.2, -0.15) is 0 Å². The van der Waals surface area contributed by atoms with Gasteiger partial charge in [-0.25, -0.2) is 5.84 Å². The highest BCUT2D eigenvalue weighted by Gasteiger charge is 2.15. The molecule has 0 atom stereocenters. The van der Waals surface area contributed by atoms with Crippen molar-refractivity contribution in [2.45, 2.75) is 13.0 Å². The fraction of sp³-hybridized carbons (Fsp3) is 0.545. The van der Waals surface area contributed by atoms with Crippen molar-refractivity contribution in [3.63, 3.8) is 0 Å². The Morgan fingerprint density at radius 3 is 3.00 bits per heavy atom. The molecule has 6 nitrogen and oxygen atoms in total. The molecule has 1 heterocycles. The smallest absolute Gasteiger partial charge is 0.301 e. The lowest BCUT2D eigenvalue weighted by Gasteiger charge is -2.15. The molecule has 1 aromatic rings. The molecule has 0 saturated heterocycles. The van der Waals surface area contributed by atoms with E-state index in [2.05, 4.69) is 15.6 Å². The fourth-order valence-electron chi connectivity index (χ4n) is 1.62. The van der Waals surface area contributed by atoms with E-state index in [-0.39, 0.29) is 5.76 Å². The molecular formula is C11H20N4O2. The maximum absolute atomic E-state index is 11.4. The van der Waals surface area contributed by atoms with Crippen LogP contribution in [0.15, 0.2) is 16.7 Å². The molecule has 0 fully saturated rings. The third kappa shape index (κ3) is 4.18. The van der Waals surface area contributed by atoms with Crippen molar-refractivity contribution in [1.82, 2.24) is 15.6 Å². The van der Waals surface area contributed by atoms with Crippen molar-refractivity contribution < 1.29 is 9.21 Å². The van der Waals surface area contributed by atoms with Crippen molar-refractivity contribution in [3.8, 4) is 0 Å². The molecule has 96 valence electrons. The second kappa shape index (κ2) is 7.05. The number of hydrogen-bond donors (Lipinski definition) is 3. The number of carbonyl (C=O) groups excluding carboxylic acids is 1. The summed E-state index contributed by atoms with van der Waals surface area (Å²) in [6.45, 7) is 2.60. The zero-order valence-corrected chi connectivity index (χ0v) is 10.3. The molecule has 4 N–H and O–H groups in total. The molecule has 0 saturated carbocycles. The van der Waals surface area contributed by atoms with E-state index < -0.39 is 5.91 Å². The number of nitrogens with one attached hydrogen (secondary N) is 2. The molecule has 0 aromatic carbocycles. The number of amides is 1. The predicted octanol–water partition coefficient (Wildman–Crippen LogP) is -0.0756. The van der Waals surface area contributed by atoms with Gasteiger partial charge in [-0.05, 0) is 39.7 Å². The maximum Gasteiger partial charge on any atom is 0.301 e. The van der Waals surface area contributed by atoms with Gasteiger partial charge in [0.25, 0.3) is 0 Å². The second-order valence-corrected chi connectivity index (χ2v) is 3.94. The molecule has 1 aromatic heterocycles. The van der Waals surface area contributed by atoms with Crippen LogP contribution in [0.25, 0.3) is 0 Å². The number of hydrazine groups is 1. The van der Waals surface area contributed by atoms with Gasteiger partial charge in [0.2, 0.25) is 0 Å². The van der Waals surface area contributed by atoms with Crippen molar-refractivity contribution in [2.24, 2.45) is 5.84 Å². The van der Waals surface area contributed by atoms with E-state index in [1.165, 1.54) is 6.26 Å². The van der Waals surface area contributed by atoms with Crippen molar-refractivity contribution in [2.75, 3.05) is 27.2 Å². The Morgan fingerprint density at radius 1 is 1.59 bits per heavy atom. The first kappa shape index (κ1) is 13.7. The number of hydrogen-bond acceptors (Lipinski definition) is 5. The normalized spacial score (nSPS) is 10.8. The first-order valence-corrected chi connectivity index (χ1v) is 5.59.